The smallest absolute Gasteiger partial charge is 0.303 e. The number of hydrogen-bond donors (Lipinski definition) is 1. The van der Waals surface area contributed by atoms with E-state index in [9.17, 15) is 4.79 Å². The molecule has 0 aliphatic heterocycles. The maximum atomic E-state index is 10.4. The average molecular weight is 234 g/mol. The second-order valence-electron chi connectivity index (χ2n) is 3.49. The first kappa shape index (κ1) is 15.3. The predicted octanol–water partition coefficient (Wildman–Crippen LogP) is 1.31. The lowest BCUT2D eigenvalue weighted by Crippen LogP contribution is -2.23. The van der Waals surface area contributed by atoms with Gasteiger partial charge in [0.25, 0.3) is 0 Å². The molecule has 0 heterocycles. The highest BCUT2D eigenvalue weighted by Gasteiger charge is 2.11. The van der Waals surface area contributed by atoms with Crippen molar-refractivity contribution in [3.63, 3.8) is 0 Å². The fraction of sp³-hybridized carbons (Fsp3) is 0.909. The molecule has 0 aliphatic carbocycles. The van der Waals surface area contributed by atoms with Gasteiger partial charge in [0.15, 0.2) is 0 Å². The van der Waals surface area contributed by atoms with Crippen LogP contribution in [0, 0.1) is 0 Å². The van der Waals surface area contributed by atoms with Crippen LogP contribution >= 0.6 is 0 Å². The summed E-state index contributed by atoms with van der Waals surface area (Å²) < 4.78 is 15.7. The number of hydrogen-bond acceptors (Lipinski definition) is 4. The minimum atomic E-state index is -0.809. The normalized spacial score (nSPS) is 12.6. The fourth-order valence-corrected chi connectivity index (χ4v) is 1.16. The van der Waals surface area contributed by atoms with Crippen LogP contribution < -0.4 is 0 Å². The van der Waals surface area contributed by atoms with Crippen molar-refractivity contribution in [2.75, 3.05) is 33.5 Å². The Kier molecular flexibility index (Phi) is 10.4. The number of carbonyl (C=O) groups is 1. The Balaban J connectivity index is 3.71. The highest BCUT2D eigenvalue weighted by Crippen LogP contribution is 2.04. The summed E-state index contributed by atoms with van der Waals surface area (Å²) in [5.74, 6) is -0.809. The van der Waals surface area contributed by atoms with E-state index in [-0.39, 0.29) is 12.5 Å². The number of carboxylic acid groups (broad SMARTS) is 1. The summed E-state index contributed by atoms with van der Waals surface area (Å²) in [6.07, 6.45) is 1.37. The molecule has 1 unspecified atom stereocenters. The van der Waals surface area contributed by atoms with Crippen molar-refractivity contribution < 1.29 is 24.1 Å². The molecule has 0 fully saturated rings. The van der Waals surface area contributed by atoms with E-state index in [1.165, 1.54) is 0 Å². The molecule has 0 saturated carbocycles. The van der Waals surface area contributed by atoms with Gasteiger partial charge < -0.3 is 19.3 Å². The van der Waals surface area contributed by atoms with E-state index in [2.05, 4.69) is 0 Å². The molecular formula is C11H22O5. The lowest BCUT2D eigenvalue weighted by Gasteiger charge is -2.16. The van der Waals surface area contributed by atoms with Gasteiger partial charge in [-0.1, -0.05) is 6.92 Å². The third kappa shape index (κ3) is 9.89. The molecule has 96 valence electrons. The molecule has 0 aromatic carbocycles. The first-order chi connectivity index (χ1) is 7.70. The number of rotatable bonds is 11. The van der Waals surface area contributed by atoms with E-state index in [4.69, 9.17) is 19.3 Å². The van der Waals surface area contributed by atoms with Gasteiger partial charge in [0.2, 0.25) is 0 Å². The molecule has 1 N–H and O–H groups in total. The Morgan fingerprint density at radius 1 is 1.31 bits per heavy atom. The molecule has 5 heteroatoms. The van der Waals surface area contributed by atoms with Crippen molar-refractivity contribution in [2.45, 2.75) is 32.3 Å². The molecule has 0 rings (SSSR count). The van der Waals surface area contributed by atoms with Gasteiger partial charge in [-0.3, -0.25) is 4.79 Å². The van der Waals surface area contributed by atoms with Gasteiger partial charge >= 0.3 is 5.97 Å². The van der Waals surface area contributed by atoms with Crippen LogP contribution in [0.3, 0.4) is 0 Å². The van der Waals surface area contributed by atoms with Crippen molar-refractivity contribution in [1.82, 2.24) is 0 Å². The lowest BCUT2D eigenvalue weighted by atomic mass is 10.2. The molecule has 0 spiro atoms. The number of ether oxygens (including phenoxy) is 3. The molecule has 0 amide bonds. The SMILES string of the molecule is CCCOCC(CCC(=O)O)OCCOC. The van der Waals surface area contributed by atoms with Crippen molar-refractivity contribution in [3.05, 3.63) is 0 Å². The highest BCUT2D eigenvalue weighted by molar-refractivity contribution is 5.66. The maximum absolute atomic E-state index is 10.4. The first-order valence-corrected chi connectivity index (χ1v) is 5.60. The number of carboxylic acids is 1. The summed E-state index contributed by atoms with van der Waals surface area (Å²) in [5, 5.41) is 8.58. The molecule has 0 aliphatic rings. The summed E-state index contributed by atoms with van der Waals surface area (Å²) in [7, 11) is 1.60. The van der Waals surface area contributed by atoms with Gasteiger partial charge in [0.05, 0.1) is 25.9 Å². The fourth-order valence-electron chi connectivity index (χ4n) is 1.16. The zero-order valence-electron chi connectivity index (χ0n) is 10.1. The molecule has 16 heavy (non-hydrogen) atoms. The van der Waals surface area contributed by atoms with E-state index in [0.29, 0.717) is 32.8 Å². The largest absolute Gasteiger partial charge is 0.481 e. The summed E-state index contributed by atoms with van der Waals surface area (Å²) in [6, 6.07) is 0. The third-order valence-corrected chi connectivity index (χ3v) is 1.97. The molecule has 0 saturated heterocycles. The van der Waals surface area contributed by atoms with Crippen LogP contribution in [0.25, 0.3) is 0 Å². The molecule has 5 nitrogen and oxygen atoms in total. The quantitative estimate of drug-likeness (QED) is 0.546. The molecular weight excluding hydrogens is 212 g/mol. The molecule has 1 atom stereocenters. The lowest BCUT2D eigenvalue weighted by molar-refractivity contribution is -0.138. The predicted molar refractivity (Wildman–Crippen MR) is 59.6 cm³/mol. The van der Waals surface area contributed by atoms with Gasteiger partial charge in [0.1, 0.15) is 0 Å². The van der Waals surface area contributed by atoms with Crippen LogP contribution in [0.1, 0.15) is 26.2 Å². The van der Waals surface area contributed by atoms with E-state index >= 15 is 0 Å². The highest BCUT2D eigenvalue weighted by atomic mass is 16.5. The topological polar surface area (TPSA) is 65.0 Å². The molecule has 0 aromatic rings. The Hall–Kier alpha value is -0.650. The second kappa shape index (κ2) is 10.9. The summed E-state index contributed by atoms with van der Waals surface area (Å²) in [5.41, 5.74) is 0. The van der Waals surface area contributed by atoms with Gasteiger partial charge in [-0.2, -0.15) is 0 Å². The Morgan fingerprint density at radius 2 is 2.06 bits per heavy atom. The molecule has 0 bridgehead atoms. The van der Waals surface area contributed by atoms with Crippen LogP contribution in [0.5, 0.6) is 0 Å². The van der Waals surface area contributed by atoms with Gasteiger partial charge in [-0.25, -0.2) is 0 Å². The van der Waals surface area contributed by atoms with Crippen LogP contribution in [0.15, 0.2) is 0 Å². The maximum Gasteiger partial charge on any atom is 0.303 e. The Labute approximate surface area is 96.7 Å². The average Bonchev–Trinajstić information content (AvgIpc) is 2.25. The Morgan fingerprint density at radius 3 is 2.62 bits per heavy atom. The van der Waals surface area contributed by atoms with E-state index < -0.39 is 5.97 Å². The van der Waals surface area contributed by atoms with Crippen LogP contribution in [0.2, 0.25) is 0 Å². The van der Waals surface area contributed by atoms with E-state index in [1.807, 2.05) is 6.92 Å². The third-order valence-electron chi connectivity index (χ3n) is 1.97. The van der Waals surface area contributed by atoms with E-state index in [1.54, 1.807) is 7.11 Å². The summed E-state index contributed by atoms with van der Waals surface area (Å²) in [6.45, 7) is 4.13. The summed E-state index contributed by atoms with van der Waals surface area (Å²) in [4.78, 5) is 10.4. The van der Waals surface area contributed by atoms with Gasteiger partial charge in [0, 0.05) is 20.1 Å². The monoisotopic (exact) mass is 234 g/mol. The van der Waals surface area contributed by atoms with Crippen LogP contribution in [-0.4, -0.2) is 50.7 Å². The van der Waals surface area contributed by atoms with Crippen molar-refractivity contribution in [2.24, 2.45) is 0 Å². The first-order valence-electron chi connectivity index (χ1n) is 5.60. The number of aliphatic carboxylic acids is 1. The molecule has 0 radical (unpaired) electrons. The zero-order valence-corrected chi connectivity index (χ0v) is 10.1. The minimum absolute atomic E-state index is 0.104. The van der Waals surface area contributed by atoms with Crippen molar-refractivity contribution in [1.29, 1.82) is 0 Å². The van der Waals surface area contributed by atoms with Crippen LogP contribution in [-0.2, 0) is 19.0 Å². The standard InChI is InChI=1S/C11H22O5/c1-3-6-15-9-10(4-5-11(12)13)16-8-7-14-2/h10H,3-9H2,1-2H3,(H,12,13). The zero-order chi connectivity index (χ0) is 12.2. The Bertz CT molecular complexity index is 162. The van der Waals surface area contributed by atoms with Crippen molar-refractivity contribution >= 4 is 5.97 Å². The summed E-state index contributed by atoms with van der Waals surface area (Å²) >= 11 is 0. The van der Waals surface area contributed by atoms with Crippen LogP contribution in [0.4, 0.5) is 0 Å². The minimum Gasteiger partial charge on any atom is -0.481 e. The van der Waals surface area contributed by atoms with E-state index in [0.717, 1.165) is 6.42 Å². The van der Waals surface area contributed by atoms with Gasteiger partial charge in [-0.05, 0) is 12.8 Å². The second-order valence-corrected chi connectivity index (χ2v) is 3.49. The van der Waals surface area contributed by atoms with Gasteiger partial charge in [-0.15, -0.1) is 0 Å². The van der Waals surface area contributed by atoms with Crippen molar-refractivity contribution in [3.8, 4) is 0 Å². The number of methoxy groups -OCH3 is 1. The molecule has 0 aromatic heterocycles.